The normalized spacial score (nSPS) is 12.2. The van der Waals surface area contributed by atoms with Gasteiger partial charge in [-0.3, -0.25) is 0 Å². The van der Waals surface area contributed by atoms with Crippen LogP contribution in [0.4, 0.5) is 4.39 Å². The molecule has 0 aliphatic rings. The summed E-state index contributed by atoms with van der Waals surface area (Å²) in [5.74, 6) is 0.173. The molecule has 2 aromatic rings. The third-order valence-corrected chi connectivity index (χ3v) is 3.34. The van der Waals surface area contributed by atoms with Gasteiger partial charge in [-0.05, 0) is 42.8 Å². The van der Waals surface area contributed by atoms with Crippen molar-refractivity contribution in [1.29, 1.82) is 0 Å². The lowest BCUT2D eigenvalue weighted by Gasteiger charge is -2.17. The summed E-state index contributed by atoms with van der Waals surface area (Å²) in [6, 6.07) is 7.97. The lowest BCUT2D eigenvalue weighted by atomic mass is 10.0. The number of nitrogens with one attached hydrogen (secondary N) is 1. The fraction of sp³-hybridized carbons (Fsp3) is 0.333. The number of halogens is 2. The molecule has 0 amide bonds. The molecule has 1 heterocycles. The molecule has 6 heteroatoms. The summed E-state index contributed by atoms with van der Waals surface area (Å²) in [5, 5.41) is 11.9. The van der Waals surface area contributed by atoms with E-state index in [1.165, 1.54) is 19.2 Å². The van der Waals surface area contributed by atoms with Gasteiger partial charge in [0.15, 0.2) is 0 Å². The van der Waals surface area contributed by atoms with Crippen LogP contribution in [0.5, 0.6) is 5.88 Å². The summed E-state index contributed by atoms with van der Waals surface area (Å²) in [6.07, 6.45) is 0.446. The zero-order chi connectivity index (χ0) is 15.2. The number of benzene rings is 1. The van der Waals surface area contributed by atoms with Crippen LogP contribution in [-0.4, -0.2) is 23.9 Å². The van der Waals surface area contributed by atoms with E-state index in [9.17, 15) is 4.39 Å². The first kappa shape index (κ1) is 15.7. The zero-order valence-corrected chi connectivity index (χ0v) is 12.7. The minimum absolute atomic E-state index is 0.138. The molecule has 0 bridgehead atoms. The largest absolute Gasteiger partial charge is 0.480 e. The number of methoxy groups -OCH3 is 1. The van der Waals surface area contributed by atoms with E-state index in [2.05, 4.69) is 15.5 Å². The molecule has 0 fully saturated rings. The van der Waals surface area contributed by atoms with Crippen LogP contribution in [0.2, 0.25) is 5.02 Å². The third-order valence-electron chi connectivity index (χ3n) is 3.11. The fourth-order valence-corrected chi connectivity index (χ4v) is 2.27. The second kappa shape index (κ2) is 7.33. The van der Waals surface area contributed by atoms with E-state index < -0.39 is 0 Å². The van der Waals surface area contributed by atoms with E-state index in [4.69, 9.17) is 16.3 Å². The Hall–Kier alpha value is -1.72. The Morgan fingerprint density at radius 3 is 2.71 bits per heavy atom. The molecule has 4 nitrogen and oxygen atoms in total. The van der Waals surface area contributed by atoms with Crippen LogP contribution in [0.25, 0.3) is 0 Å². The molecule has 1 aromatic carbocycles. The average Bonchev–Trinajstić information content (AvgIpc) is 2.50. The SMILES string of the molecule is CCNC(Cc1cc(Cl)ccc1F)c1ccc(OC)nn1. The number of rotatable bonds is 6. The van der Waals surface area contributed by atoms with Crippen molar-refractivity contribution < 1.29 is 9.13 Å². The maximum atomic E-state index is 13.9. The number of likely N-dealkylation sites (N-methyl/N-ethyl adjacent to an activating group) is 1. The summed E-state index contributed by atoms with van der Waals surface area (Å²) in [5.41, 5.74) is 1.28. The summed E-state index contributed by atoms with van der Waals surface area (Å²) >= 11 is 5.93. The maximum Gasteiger partial charge on any atom is 0.233 e. The van der Waals surface area contributed by atoms with Crippen molar-refractivity contribution in [2.24, 2.45) is 0 Å². The van der Waals surface area contributed by atoms with Gasteiger partial charge >= 0.3 is 0 Å². The van der Waals surface area contributed by atoms with E-state index in [1.54, 1.807) is 12.1 Å². The number of ether oxygens (including phenoxy) is 1. The second-order valence-electron chi connectivity index (χ2n) is 4.55. The summed E-state index contributed by atoms with van der Waals surface area (Å²) < 4.78 is 18.9. The molecule has 0 spiro atoms. The highest BCUT2D eigenvalue weighted by Crippen LogP contribution is 2.22. The van der Waals surface area contributed by atoms with Crippen LogP contribution in [0.3, 0.4) is 0 Å². The van der Waals surface area contributed by atoms with Crippen molar-refractivity contribution in [3.8, 4) is 5.88 Å². The van der Waals surface area contributed by atoms with Crippen LogP contribution in [0.15, 0.2) is 30.3 Å². The fourth-order valence-electron chi connectivity index (χ4n) is 2.07. The van der Waals surface area contributed by atoms with E-state index in [0.717, 1.165) is 12.2 Å². The Labute approximate surface area is 128 Å². The first-order chi connectivity index (χ1) is 10.1. The molecular formula is C15H17ClFN3O. The van der Waals surface area contributed by atoms with Crippen LogP contribution in [0, 0.1) is 5.82 Å². The number of nitrogens with zero attached hydrogens (tertiary/aromatic N) is 2. The van der Waals surface area contributed by atoms with Gasteiger partial charge in [0.2, 0.25) is 5.88 Å². The number of hydrogen-bond acceptors (Lipinski definition) is 4. The van der Waals surface area contributed by atoms with E-state index in [-0.39, 0.29) is 11.9 Å². The molecule has 112 valence electrons. The van der Waals surface area contributed by atoms with Gasteiger partial charge in [0.1, 0.15) is 5.82 Å². The molecule has 0 radical (unpaired) electrons. The zero-order valence-electron chi connectivity index (χ0n) is 11.9. The number of hydrogen-bond donors (Lipinski definition) is 1. The van der Waals surface area contributed by atoms with Crippen LogP contribution < -0.4 is 10.1 Å². The minimum atomic E-state index is -0.274. The smallest absolute Gasteiger partial charge is 0.233 e. The third kappa shape index (κ3) is 4.12. The van der Waals surface area contributed by atoms with Crippen molar-refractivity contribution in [1.82, 2.24) is 15.5 Å². The number of aromatic nitrogens is 2. The summed E-state index contributed by atoms with van der Waals surface area (Å²) in [4.78, 5) is 0. The van der Waals surface area contributed by atoms with Crippen LogP contribution in [0.1, 0.15) is 24.2 Å². The predicted molar refractivity (Wildman–Crippen MR) is 80.1 cm³/mol. The minimum Gasteiger partial charge on any atom is -0.480 e. The molecular weight excluding hydrogens is 293 g/mol. The second-order valence-corrected chi connectivity index (χ2v) is 4.99. The molecule has 0 saturated carbocycles. The van der Waals surface area contributed by atoms with E-state index >= 15 is 0 Å². The van der Waals surface area contributed by atoms with Crippen molar-refractivity contribution in [2.75, 3.05) is 13.7 Å². The highest BCUT2D eigenvalue weighted by molar-refractivity contribution is 6.30. The Balaban J connectivity index is 2.23. The van der Waals surface area contributed by atoms with E-state index in [0.29, 0.717) is 22.9 Å². The molecule has 1 unspecified atom stereocenters. The van der Waals surface area contributed by atoms with Crippen molar-refractivity contribution in [3.63, 3.8) is 0 Å². The van der Waals surface area contributed by atoms with Gasteiger partial charge in [-0.2, -0.15) is 5.10 Å². The van der Waals surface area contributed by atoms with Crippen molar-refractivity contribution in [3.05, 3.63) is 52.4 Å². The lowest BCUT2D eigenvalue weighted by Crippen LogP contribution is -2.24. The predicted octanol–water partition coefficient (Wildman–Crippen LogP) is 3.17. The Morgan fingerprint density at radius 1 is 1.29 bits per heavy atom. The van der Waals surface area contributed by atoms with Crippen LogP contribution in [-0.2, 0) is 6.42 Å². The van der Waals surface area contributed by atoms with Crippen molar-refractivity contribution in [2.45, 2.75) is 19.4 Å². The Kier molecular flexibility index (Phi) is 5.47. The van der Waals surface area contributed by atoms with Gasteiger partial charge in [0, 0.05) is 11.1 Å². The molecule has 1 atom stereocenters. The van der Waals surface area contributed by atoms with Gasteiger partial charge in [0.05, 0.1) is 18.8 Å². The summed E-state index contributed by atoms with van der Waals surface area (Å²) in [6.45, 7) is 2.72. The molecule has 0 aliphatic carbocycles. The van der Waals surface area contributed by atoms with Gasteiger partial charge in [-0.25, -0.2) is 4.39 Å². The summed E-state index contributed by atoms with van der Waals surface area (Å²) in [7, 11) is 1.53. The Morgan fingerprint density at radius 2 is 2.10 bits per heavy atom. The van der Waals surface area contributed by atoms with E-state index in [1.807, 2.05) is 13.0 Å². The molecule has 21 heavy (non-hydrogen) atoms. The van der Waals surface area contributed by atoms with Crippen LogP contribution >= 0.6 is 11.6 Å². The topological polar surface area (TPSA) is 47.0 Å². The van der Waals surface area contributed by atoms with Gasteiger partial charge < -0.3 is 10.1 Å². The highest BCUT2D eigenvalue weighted by Gasteiger charge is 2.16. The standard InChI is InChI=1S/C15H17ClFN3O/c1-3-18-14(13-6-7-15(21-2)20-19-13)9-10-8-11(16)4-5-12(10)17/h4-8,14,18H,3,9H2,1-2H3. The van der Waals surface area contributed by atoms with Gasteiger partial charge in [-0.1, -0.05) is 18.5 Å². The van der Waals surface area contributed by atoms with Gasteiger partial charge in [0.25, 0.3) is 0 Å². The average molecular weight is 310 g/mol. The quantitative estimate of drug-likeness (QED) is 0.890. The van der Waals surface area contributed by atoms with Gasteiger partial charge in [-0.15, -0.1) is 5.10 Å². The maximum absolute atomic E-state index is 13.9. The molecule has 2 rings (SSSR count). The molecule has 1 N–H and O–H groups in total. The first-order valence-corrected chi connectivity index (χ1v) is 7.06. The lowest BCUT2D eigenvalue weighted by molar-refractivity contribution is 0.389. The molecule has 0 aliphatic heterocycles. The molecule has 0 saturated heterocycles. The first-order valence-electron chi connectivity index (χ1n) is 6.69. The highest BCUT2D eigenvalue weighted by atomic mass is 35.5. The molecule has 1 aromatic heterocycles. The van der Waals surface area contributed by atoms with Crippen molar-refractivity contribution >= 4 is 11.6 Å². The monoisotopic (exact) mass is 309 g/mol. The Bertz CT molecular complexity index is 592.